The van der Waals surface area contributed by atoms with Crippen molar-refractivity contribution in [2.45, 2.75) is 17.7 Å². The van der Waals surface area contributed by atoms with Crippen molar-refractivity contribution in [2.75, 3.05) is 18.4 Å². The Kier molecular flexibility index (Phi) is 5.35. The molecule has 1 N–H and O–H groups in total. The molecule has 0 bridgehead atoms. The molecule has 7 heteroatoms. The molecule has 1 heterocycles. The molecular weight excluding hydrogens is 350 g/mol. The van der Waals surface area contributed by atoms with E-state index in [1.807, 2.05) is 6.07 Å². The minimum Gasteiger partial charge on any atom is -0.326 e. The molecule has 1 amide bonds. The Bertz CT molecular complexity index is 919. The van der Waals surface area contributed by atoms with Gasteiger partial charge in [0.25, 0.3) is 0 Å². The molecule has 3 rings (SSSR count). The van der Waals surface area contributed by atoms with E-state index in [2.05, 4.69) is 5.32 Å². The maximum absolute atomic E-state index is 12.7. The van der Waals surface area contributed by atoms with Crippen LogP contribution in [-0.4, -0.2) is 31.7 Å². The first kappa shape index (κ1) is 18.1. The number of benzene rings is 2. The summed E-state index contributed by atoms with van der Waals surface area (Å²) in [6, 6.07) is 16.9. The number of carbonyl (C=O) groups is 1. The van der Waals surface area contributed by atoms with E-state index in [0.29, 0.717) is 30.6 Å². The summed E-state index contributed by atoms with van der Waals surface area (Å²) in [6.07, 6.45) is 1.28. The second-order valence-electron chi connectivity index (χ2n) is 6.19. The third kappa shape index (κ3) is 3.93. The Balaban J connectivity index is 1.69. The van der Waals surface area contributed by atoms with Gasteiger partial charge >= 0.3 is 0 Å². The Labute approximate surface area is 153 Å². The third-order valence-corrected chi connectivity index (χ3v) is 6.30. The summed E-state index contributed by atoms with van der Waals surface area (Å²) < 4.78 is 26.9. The number of nitriles is 1. The normalized spacial score (nSPS) is 18.0. The summed E-state index contributed by atoms with van der Waals surface area (Å²) in [5.74, 6) is -0.611. The van der Waals surface area contributed by atoms with E-state index < -0.39 is 15.9 Å². The summed E-state index contributed by atoms with van der Waals surface area (Å²) in [6.45, 7) is 0.581. The van der Waals surface area contributed by atoms with Gasteiger partial charge in [-0.1, -0.05) is 18.2 Å². The lowest BCUT2D eigenvalue weighted by atomic mass is 9.98. The average molecular weight is 369 g/mol. The number of anilines is 1. The zero-order chi connectivity index (χ0) is 18.6. The van der Waals surface area contributed by atoms with E-state index in [1.165, 1.54) is 4.31 Å². The molecule has 1 fully saturated rings. The molecule has 1 atom stereocenters. The van der Waals surface area contributed by atoms with E-state index in [0.717, 1.165) is 0 Å². The molecule has 134 valence electrons. The molecule has 1 aliphatic heterocycles. The zero-order valence-electron chi connectivity index (χ0n) is 14.1. The van der Waals surface area contributed by atoms with Crippen molar-refractivity contribution < 1.29 is 13.2 Å². The topological polar surface area (TPSA) is 90.3 Å². The van der Waals surface area contributed by atoms with E-state index in [-0.39, 0.29) is 17.3 Å². The number of carbonyl (C=O) groups excluding carboxylic acids is 1. The third-order valence-electron chi connectivity index (χ3n) is 4.42. The molecule has 6 nitrogen and oxygen atoms in total. The fourth-order valence-corrected chi connectivity index (χ4v) is 4.53. The summed E-state index contributed by atoms with van der Waals surface area (Å²) in [7, 11) is -3.59. The molecule has 0 spiro atoms. The number of piperidine rings is 1. The molecular formula is C19H19N3O3S. The standard InChI is InChI=1S/C19H19N3O3S/c20-13-15-8-10-17(11-9-15)21-19(23)16-5-4-12-22(14-16)26(24,25)18-6-2-1-3-7-18/h1-3,6-11,16H,4-5,12,14H2,(H,21,23). The highest BCUT2D eigenvalue weighted by Gasteiger charge is 2.33. The summed E-state index contributed by atoms with van der Waals surface area (Å²) in [5.41, 5.74) is 1.11. The van der Waals surface area contributed by atoms with Crippen LogP contribution in [0.5, 0.6) is 0 Å². The van der Waals surface area contributed by atoms with Crippen molar-refractivity contribution in [1.82, 2.24) is 4.31 Å². The SMILES string of the molecule is N#Cc1ccc(NC(=O)C2CCCN(S(=O)(=O)c3ccccc3)C2)cc1. The second kappa shape index (κ2) is 7.68. The molecule has 2 aromatic carbocycles. The lowest BCUT2D eigenvalue weighted by Gasteiger charge is -2.31. The van der Waals surface area contributed by atoms with Crippen LogP contribution in [-0.2, 0) is 14.8 Å². The van der Waals surface area contributed by atoms with Crippen LogP contribution in [0.15, 0.2) is 59.5 Å². The molecule has 0 aliphatic carbocycles. The Morgan fingerprint density at radius 3 is 2.46 bits per heavy atom. The van der Waals surface area contributed by atoms with Gasteiger partial charge in [-0.2, -0.15) is 9.57 Å². The fraction of sp³-hybridized carbons (Fsp3) is 0.263. The minimum atomic E-state index is -3.59. The minimum absolute atomic E-state index is 0.166. The summed E-state index contributed by atoms with van der Waals surface area (Å²) in [5, 5.41) is 11.6. The van der Waals surface area contributed by atoms with Crippen LogP contribution < -0.4 is 5.32 Å². The maximum Gasteiger partial charge on any atom is 0.243 e. The smallest absolute Gasteiger partial charge is 0.243 e. The van der Waals surface area contributed by atoms with Crippen molar-refractivity contribution >= 4 is 21.6 Å². The van der Waals surface area contributed by atoms with Gasteiger partial charge in [0.1, 0.15) is 0 Å². The molecule has 2 aromatic rings. The van der Waals surface area contributed by atoms with E-state index in [1.54, 1.807) is 54.6 Å². The molecule has 1 aliphatic rings. The number of nitrogens with one attached hydrogen (secondary N) is 1. The Hall–Kier alpha value is -2.69. The molecule has 0 saturated carbocycles. The number of nitrogens with zero attached hydrogens (tertiary/aromatic N) is 2. The van der Waals surface area contributed by atoms with Gasteiger partial charge in [0.05, 0.1) is 22.4 Å². The maximum atomic E-state index is 12.7. The van der Waals surface area contributed by atoms with Gasteiger partial charge in [-0.15, -0.1) is 0 Å². The average Bonchev–Trinajstić information content (AvgIpc) is 2.69. The van der Waals surface area contributed by atoms with Crippen molar-refractivity contribution in [3.63, 3.8) is 0 Å². The van der Waals surface area contributed by atoms with Crippen LogP contribution in [0, 0.1) is 17.2 Å². The molecule has 1 saturated heterocycles. The van der Waals surface area contributed by atoms with Gasteiger partial charge in [0.15, 0.2) is 0 Å². The number of hydrogen-bond acceptors (Lipinski definition) is 4. The zero-order valence-corrected chi connectivity index (χ0v) is 14.9. The fourth-order valence-electron chi connectivity index (χ4n) is 2.99. The van der Waals surface area contributed by atoms with Crippen LogP contribution >= 0.6 is 0 Å². The first-order valence-electron chi connectivity index (χ1n) is 8.37. The van der Waals surface area contributed by atoms with Crippen LogP contribution in [0.2, 0.25) is 0 Å². The summed E-state index contributed by atoms with van der Waals surface area (Å²) in [4.78, 5) is 12.8. The first-order valence-corrected chi connectivity index (χ1v) is 9.81. The molecule has 26 heavy (non-hydrogen) atoms. The summed E-state index contributed by atoms with van der Waals surface area (Å²) >= 11 is 0. The number of sulfonamides is 1. The lowest BCUT2D eigenvalue weighted by molar-refractivity contribution is -0.120. The van der Waals surface area contributed by atoms with Gasteiger partial charge in [0.2, 0.25) is 15.9 Å². The second-order valence-corrected chi connectivity index (χ2v) is 8.13. The predicted molar refractivity (Wildman–Crippen MR) is 97.7 cm³/mol. The van der Waals surface area contributed by atoms with Crippen LogP contribution in [0.3, 0.4) is 0 Å². The van der Waals surface area contributed by atoms with Gasteiger partial charge in [-0.25, -0.2) is 8.42 Å². The molecule has 0 radical (unpaired) electrons. The largest absolute Gasteiger partial charge is 0.326 e. The van der Waals surface area contributed by atoms with Gasteiger partial charge in [-0.05, 0) is 49.2 Å². The van der Waals surface area contributed by atoms with Crippen molar-refractivity contribution in [1.29, 1.82) is 5.26 Å². The van der Waals surface area contributed by atoms with E-state index in [9.17, 15) is 13.2 Å². The number of hydrogen-bond donors (Lipinski definition) is 1. The van der Waals surface area contributed by atoms with E-state index >= 15 is 0 Å². The Morgan fingerprint density at radius 2 is 1.81 bits per heavy atom. The van der Waals surface area contributed by atoms with Gasteiger partial charge < -0.3 is 5.32 Å². The van der Waals surface area contributed by atoms with Gasteiger partial charge in [-0.3, -0.25) is 4.79 Å². The van der Waals surface area contributed by atoms with Gasteiger partial charge in [0, 0.05) is 18.8 Å². The lowest BCUT2D eigenvalue weighted by Crippen LogP contribution is -2.43. The van der Waals surface area contributed by atoms with Crippen molar-refractivity contribution in [3.8, 4) is 6.07 Å². The van der Waals surface area contributed by atoms with Crippen molar-refractivity contribution in [2.24, 2.45) is 5.92 Å². The first-order chi connectivity index (χ1) is 12.5. The molecule has 0 aromatic heterocycles. The highest BCUT2D eigenvalue weighted by Crippen LogP contribution is 2.24. The van der Waals surface area contributed by atoms with Crippen LogP contribution in [0.1, 0.15) is 18.4 Å². The van der Waals surface area contributed by atoms with Crippen LogP contribution in [0.4, 0.5) is 5.69 Å². The van der Waals surface area contributed by atoms with Crippen LogP contribution in [0.25, 0.3) is 0 Å². The molecule has 1 unspecified atom stereocenters. The number of amides is 1. The predicted octanol–water partition coefficient (Wildman–Crippen LogP) is 2.60. The van der Waals surface area contributed by atoms with Crippen molar-refractivity contribution in [3.05, 3.63) is 60.2 Å². The quantitative estimate of drug-likeness (QED) is 0.897. The monoisotopic (exact) mass is 369 g/mol. The highest BCUT2D eigenvalue weighted by atomic mass is 32.2. The van der Waals surface area contributed by atoms with E-state index in [4.69, 9.17) is 5.26 Å². The Morgan fingerprint density at radius 1 is 1.12 bits per heavy atom. The number of rotatable bonds is 4. The highest BCUT2D eigenvalue weighted by molar-refractivity contribution is 7.89.